The summed E-state index contributed by atoms with van der Waals surface area (Å²) >= 11 is 0. The predicted octanol–water partition coefficient (Wildman–Crippen LogP) is 2.57. The Morgan fingerprint density at radius 2 is 2.12 bits per heavy atom. The van der Waals surface area contributed by atoms with Crippen molar-refractivity contribution >= 4 is 11.6 Å². The summed E-state index contributed by atoms with van der Waals surface area (Å²) in [6.07, 6.45) is 0.950. The lowest BCUT2D eigenvalue weighted by Crippen LogP contribution is -2.34. The molecule has 17 heavy (non-hydrogen) atoms. The van der Waals surface area contributed by atoms with Crippen molar-refractivity contribution in [1.82, 2.24) is 5.32 Å². The van der Waals surface area contributed by atoms with E-state index in [0.717, 1.165) is 6.42 Å². The maximum atomic E-state index is 13.2. The molecule has 0 bridgehead atoms. The Morgan fingerprint density at radius 3 is 2.71 bits per heavy atom. The molecule has 0 unspecified atom stereocenters. The van der Waals surface area contributed by atoms with Crippen LogP contribution in [-0.2, 0) is 0 Å². The highest BCUT2D eigenvalue weighted by Crippen LogP contribution is 2.19. The molecule has 0 aliphatic heterocycles. The highest BCUT2D eigenvalue weighted by atomic mass is 19.1. The minimum Gasteiger partial charge on any atom is -0.396 e. The van der Waals surface area contributed by atoms with E-state index >= 15 is 0 Å². The number of para-hydroxylation sites is 1. The van der Waals surface area contributed by atoms with Gasteiger partial charge >= 0.3 is 0 Å². The van der Waals surface area contributed by atoms with Crippen LogP contribution in [0.4, 0.5) is 10.1 Å². The van der Waals surface area contributed by atoms with E-state index in [4.69, 9.17) is 5.73 Å². The van der Waals surface area contributed by atoms with Gasteiger partial charge < -0.3 is 11.1 Å². The Balaban J connectivity index is 2.74. The lowest BCUT2D eigenvalue weighted by atomic mass is 9.90. The lowest BCUT2D eigenvalue weighted by molar-refractivity contribution is 0.0936. The summed E-state index contributed by atoms with van der Waals surface area (Å²) < 4.78 is 13.2. The zero-order valence-corrected chi connectivity index (χ0v) is 10.5. The Bertz CT molecular complexity index is 416. The molecule has 1 rings (SSSR count). The lowest BCUT2D eigenvalue weighted by Gasteiger charge is -2.23. The van der Waals surface area contributed by atoms with E-state index in [1.54, 1.807) is 0 Å². The molecule has 0 atom stereocenters. The van der Waals surface area contributed by atoms with Crippen molar-refractivity contribution in [1.29, 1.82) is 0 Å². The third kappa shape index (κ3) is 3.44. The first-order valence-electron chi connectivity index (χ1n) is 5.69. The van der Waals surface area contributed by atoms with Crippen LogP contribution in [0.1, 0.15) is 37.6 Å². The van der Waals surface area contributed by atoms with Crippen LogP contribution in [0.25, 0.3) is 0 Å². The fraction of sp³-hybridized carbons (Fsp3) is 0.462. The van der Waals surface area contributed by atoms with Gasteiger partial charge in [0.05, 0.1) is 11.3 Å². The van der Waals surface area contributed by atoms with E-state index in [9.17, 15) is 9.18 Å². The number of nitrogen functional groups attached to an aromatic ring is 1. The quantitative estimate of drug-likeness (QED) is 0.792. The maximum absolute atomic E-state index is 13.2. The minimum atomic E-state index is -0.563. The normalized spacial score (nSPS) is 11.3. The first-order valence-corrected chi connectivity index (χ1v) is 5.69. The second kappa shape index (κ2) is 5.17. The van der Waals surface area contributed by atoms with E-state index in [-0.39, 0.29) is 22.6 Å². The van der Waals surface area contributed by atoms with E-state index < -0.39 is 5.82 Å². The van der Waals surface area contributed by atoms with Gasteiger partial charge in [0.15, 0.2) is 0 Å². The van der Waals surface area contributed by atoms with Gasteiger partial charge in [-0.2, -0.15) is 0 Å². The van der Waals surface area contributed by atoms with Gasteiger partial charge in [-0.05, 0) is 24.0 Å². The number of halogens is 1. The number of hydrogen-bond donors (Lipinski definition) is 2. The molecule has 1 aromatic rings. The number of carbonyl (C=O) groups is 1. The maximum Gasteiger partial charge on any atom is 0.253 e. The second-order valence-electron chi connectivity index (χ2n) is 4.90. The molecule has 3 nitrogen and oxygen atoms in total. The van der Waals surface area contributed by atoms with Gasteiger partial charge in [0.25, 0.3) is 5.91 Å². The van der Waals surface area contributed by atoms with Crippen LogP contribution in [0, 0.1) is 11.2 Å². The van der Waals surface area contributed by atoms with Crippen LogP contribution < -0.4 is 11.1 Å². The van der Waals surface area contributed by atoms with Gasteiger partial charge in [-0.3, -0.25) is 4.79 Å². The summed E-state index contributed by atoms with van der Waals surface area (Å²) in [6, 6.07) is 4.24. The highest BCUT2D eigenvalue weighted by Gasteiger charge is 2.18. The average Bonchev–Trinajstić information content (AvgIpc) is 2.30. The molecular formula is C13H19FN2O. The molecular weight excluding hydrogens is 219 g/mol. The van der Waals surface area contributed by atoms with Crippen molar-refractivity contribution in [2.75, 3.05) is 12.3 Å². The van der Waals surface area contributed by atoms with Crippen molar-refractivity contribution in [3.05, 3.63) is 29.6 Å². The van der Waals surface area contributed by atoms with Gasteiger partial charge in [-0.15, -0.1) is 0 Å². The van der Waals surface area contributed by atoms with Crippen LogP contribution >= 0.6 is 0 Å². The molecule has 0 saturated carbocycles. The van der Waals surface area contributed by atoms with Crippen LogP contribution in [-0.4, -0.2) is 12.5 Å². The second-order valence-corrected chi connectivity index (χ2v) is 4.90. The molecule has 3 N–H and O–H groups in total. The first kappa shape index (κ1) is 13.5. The Morgan fingerprint density at radius 1 is 1.47 bits per heavy atom. The fourth-order valence-electron chi connectivity index (χ4n) is 1.27. The molecule has 4 heteroatoms. The molecule has 0 aliphatic carbocycles. The number of hydrogen-bond acceptors (Lipinski definition) is 2. The van der Waals surface area contributed by atoms with Gasteiger partial charge in [-0.25, -0.2) is 4.39 Å². The van der Waals surface area contributed by atoms with Gasteiger partial charge in [-0.1, -0.05) is 26.8 Å². The zero-order valence-electron chi connectivity index (χ0n) is 10.5. The monoisotopic (exact) mass is 238 g/mol. The van der Waals surface area contributed by atoms with E-state index in [2.05, 4.69) is 26.1 Å². The van der Waals surface area contributed by atoms with Crippen molar-refractivity contribution in [2.24, 2.45) is 5.41 Å². The zero-order chi connectivity index (χ0) is 13.1. The summed E-state index contributed by atoms with van der Waals surface area (Å²) in [5.41, 5.74) is 5.64. The summed E-state index contributed by atoms with van der Waals surface area (Å²) in [6.45, 7) is 6.71. The van der Waals surface area contributed by atoms with E-state index in [1.165, 1.54) is 18.2 Å². The number of nitrogens with two attached hydrogens (primary N) is 1. The molecule has 0 saturated heterocycles. The summed E-state index contributed by atoms with van der Waals surface area (Å²) in [7, 11) is 0. The van der Waals surface area contributed by atoms with Crippen LogP contribution in [0.2, 0.25) is 0 Å². The molecule has 0 heterocycles. The molecule has 0 spiro atoms. The molecule has 0 aliphatic rings. The standard InChI is InChI=1S/C13H19FN2O/c1-4-13(2,3)8-16-12(17)9-6-5-7-10(14)11(9)15/h5-7H,4,8,15H2,1-3H3,(H,16,17). The van der Waals surface area contributed by atoms with Gasteiger partial charge in [0.1, 0.15) is 5.82 Å². The van der Waals surface area contributed by atoms with Crippen molar-refractivity contribution in [2.45, 2.75) is 27.2 Å². The fourth-order valence-corrected chi connectivity index (χ4v) is 1.27. The van der Waals surface area contributed by atoms with Crippen molar-refractivity contribution in [3.8, 4) is 0 Å². The number of nitrogens with one attached hydrogen (secondary N) is 1. The summed E-state index contributed by atoms with van der Waals surface area (Å²) in [4.78, 5) is 11.8. The Hall–Kier alpha value is -1.58. The van der Waals surface area contributed by atoms with E-state index in [0.29, 0.717) is 6.54 Å². The van der Waals surface area contributed by atoms with E-state index in [1.807, 2.05) is 0 Å². The minimum absolute atomic E-state index is 0.0255. The number of benzene rings is 1. The highest BCUT2D eigenvalue weighted by molar-refractivity contribution is 5.99. The summed E-state index contributed by atoms with van der Waals surface area (Å²) in [5, 5.41) is 2.77. The van der Waals surface area contributed by atoms with Crippen LogP contribution in [0.5, 0.6) is 0 Å². The Labute approximate surface area is 101 Å². The predicted molar refractivity (Wildman–Crippen MR) is 67.2 cm³/mol. The molecule has 0 fully saturated rings. The summed E-state index contributed by atoms with van der Waals surface area (Å²) in [5.74, 6) is -0.893. The molecule has 1 amide bonds. The van der Waals surface area contributed by atoms with Gasteiger partial charge in [0.2, 0.25) is 0 Å². The van der Waals surface area contributed by atoms with Crippen molar-refractivity contribution < 1.29 is 9.18 Å². The number of carbonyl (C=O) groups excluding carboxylic acids is 1. The molecule has 94 valence electrons. The van der Waals surface area contributed by atoms with Crippen LogP contribution in [0.3, 0.4) is 0 Å². The number of amides is 1. The smallest absolute Gasteiger partial charge is 0.253 e. The number of rotatable bonds is 4. The average molecular weight is 238 g/mol. The third-order valence-corrected chi connectivity index (χ3v) is 2.98. The van der Waals surface area contributed by atoms with Crippen molar-refractivity contribution in [3.63, 3.8) is 0 Å². The van der Waals surface area contributed by atoms with Crippen LogP contribution in [0.15, 0.2) is 18.2 Å². The topological polar surface area (TPSA) is 55.1 Å². The molecule has 0 radical (unpaired) electrons. The largest absolute Gasteiger partial charge is 0.396 e. The molecule has 1 aromatic carbocycles. The SMILES string of the molecule is CCC(C)(C)CNC(=O)c1cccc(F)c1N. The number of anilines is 1. The first-order chi connectivity index (χ1) is 7.87. The third-order valence-electron chi connectivity index (χ3n) is 2.98. The Kier molecular flexibility index (Phi) is 4.10. The van der Waals surface area contributed by atoms with Gasteiger partial charge in [0, 0.05) is 6.54 Å². The molecule has 0 aromatic heterocycles.